The molecule has 0 atom stereocenters. The van der Waals surface area contributed by atoms with E-state index in [1.165, 1.54) is 24.5 Å². The van der Waals surface area contributed by atoms with Crippen LogP contribution in [0.1, 0.15) is 29.5 Å². The minimum Gasteiger partial charge on any atom is -0.397 e. The molecule has 3 heteroatoms. The number of nitrogens with zero attached hydrogens (tertiary/aromatic N) is 1. The zero-order chi connectivity index (χ0) is 14.8. The lowest BCUT2D eigenvalue weighted by atomic mass is 10.0. The summed E-state index contributed by atoms with van der Waals surface area (Å²) in [5.41, 5.74) is 11.2. The maximum absolute atomic E-state index is 13.3. The molecule has 2 aromatic carbocycles. The molecule has 21 heavy (non-hydrogen) atoms. The Labute approximate surface area is 125 Å². The molecule has 1 saturated heterocycles. The average Bonchev–Trinajstić information content (AvgIpc) is 2.97. The van der Waals surface area contributed by atoms with Crippen molar-refractivity contribution in [3.63, 3.8) is 0 Å². The molecule has 3 rings (SSSR count). The number of anilines is 2. The molecule has 1 aliphatic rings. The van der Waals surface area contributed by atoms with Crippen LogP contribution < -0.4 is 10.6 Å². The number of rotatable bonds is 3. The second-order valence-electron chi connectivity index (χ2n) is 5.85. The number of hydrogen-bond acceptors (Lipinski definition) is 2. The van der Waals surface area contributed by atoms with Crippen LogP contribution in [0.2, 0.25) is 0 Å². The molecule has 2 N–H and O–H groups in total. The van der Waals surface area contributed by atoms with Crippen molar-refractivity contribution in [1.29, 1.82) is 0 Å². The lowest BCUT2D eigenvalue weighted by Crippen LogP contribution is -2.19. The van der Waals surface area contributed by atoms with E-state index in [2.05, 4.69) is 17.0 Å². The molecular weight excluding hydrogens is 263 g/mol. The van der Waals surface area contributed by atoms with Crippen LogP contribution in [0.4, 0.5) is 15.8 Å². The minimum atomic E-state index is -0.150. The number of nitrogen functional groups attached to an aromatic ring is 1. The van der Waals surface area contributed by atoms with Crippen LogP contribution in [-0.2, 0) is 6.42 Å². The summed E-state index contributed by atoms with van der Waals surface area (Å²) >= 11 is 0. The smallest absolute Gasteiger partial charge is 0.126 e. The first kappa shape index (κ1) is 13.9. The number of nitrogens with two attached hydrogens (primary N) is 1. The van der Waals surface area contributed by atoms with E-state index in [1.807, 2.05) is 18.2 Å². The van der Waals surface area contributed by atoms with E-state index in [4.69, 9.17) is 5.73 Å². The summed E-state index contributed by atoms with van der Waals surface area (Å²) in [6.07, 6.45) is 3.28. The van der Waals surface area contributed by atoms with E-state index in [1.54, 1.807) is 6.92 Å². The van der Waals surface area contributed by atoms with E-state index >= 15 is 0 Å². The number of halogens is 1. The molecule has 2 aromatic rings. The highest BCUT2D eigenvalue weighted by molar-refractivity contribution is 5.69. The van der Waals surface area contributed by atoms with Crippen LogP contribution in [0.15, 0.2) is 36.4 Å². The Balaban J connectivity index is 1.79. The quantitative estimate of drug-likeness (QED) is 0.866. The lowest BCUT2D eigenvalue weighted by Gasteiger charge is -2.20. The van der Waals surface area contributed by atoms with Crippen LogP contribution in [0.3, 0.4) is 0 Å². The van der Waals surface area contributed by atoms with Gasteiger partial charge in [0.1, 0.15) is 5.82 Å². The van der Waals surface area contributed by atoms with Gasteiger partial charge in [-0.2, -0.15) is 0 Å². The zero-order valence-electron chi connectivity index (χ0n) is 12.4. The molecule has 0 aromatic heterocycles. The SMILES string of the molecule is Cc1cc(Cc2ccc(N3CCCC3)c(N)c2)ccc1F. The number of benzene rings is 2. The maximum atomic E-state index is 13.3. The van der Waals surface area contributed by atoms with E-state index in [0.717, 1.165) is 36.4 Å². The minimum absolute atomic E-state index is 0.150. The van der Waals surface area contributed by atoms with E-state index in [-0.39, 0.29) is 5.82 Å². The van der Waals surface area contributed by atoms with E-state index < -0.39 is 0 Å². The van der Waals surface area contributed by atoms with Crippen LogP contribution in [0.25, 0.3) is 0 Å². The molecule has 1 fully saturated rings. The van der Waals surface area contributed by atoms with Gasteiger partial charge in [-0.3, -0.25) is 0 Å². The lowest BCUT2D eigenvalue weighted by molar-refractivity contribution is 0.618. The van der Waals surface area contributed by atoms with Gasteiger partial charge in [0.2, 0.25) is 0 Å². The largest absolute Gasteiger partial charge is 0.397 e. The van der Waals surface area contributed by atoms with Crippen molar-refractivity contribution < 1.29 is 4.39 Å². The molecule has 0 radical (unpaired) electrons. The standard InChI is InChI=1S/C18H21FN2/c1-13-10-14(4-6-16(13)19)11-15-5-7-18(17(20)12-15)21-8-2-3-9-21/h4-7,10,12H,2-3,8-9,11,20H2,1H3. The second kappa shape index (κ2) is 5.76. The first-order valence-corrected chi connectivity index (χ1v) is 7.52. The second-order valence-corrected chi connectivity index (χ2v) is 5.85. The van der Waals surface area contributed by atoms with Gasteiger partial charge < -0.3 is 10.6 Å². The van der Waals surface area contributed by atoms with Gasteiger partial charge in [-0.05, 0) is 61.1 Å². The van der Waals surface area contributed by atoms with Crippen molar-refractivity contribution in [3.8, 4) is 0 Å². The van der Waals surface area contributed by atoms with Gasteiger partial charge in [0.05, 0.1) is 11.4 Å². The van der Waals surface area contributed by atoms with Gasteiger partial charge >= 0.3 is 0 Å². The molecule has 0 bridgehead atoms. The molecule has 0 spiro atoms. The summed E-state index contributed by atoms with van der Waals surface area (Å²) in [7, 11) is 0. The number of aryl methyl sites for hydroxylation is 1. The van der Waals surface area contributed by atoms with E-state index in [9.17, 15) is 4.39 Å². The Hall–Kier alpha value is -2.03. The normalized spacial score (nSPS) is 14.7. The first-order valence-electron chi connectivity index (χ1n) is 7.52. The summed E-state index contributed by atoms with van der Waals surface area (Å²) in [4.78, 5) is 2.35. The topological polar surface area (TPSA) is 29.3 Å². The predicted octanol–water partition coefficient (Wildman–Crippen LogP) is 3.91. The highest BCUT2D eigenvalue weighted by Crippen LogP contribution is 2.28. The molecule has 0 unspecified atom stereocenters. The molecule has 1 aliphatic heterocycles. The fourth-order valence-electron chi connectivity index (χ4n) is 3.01. The van der Waals surface area contributed by atoms with Gasteiger partial charge in [0, 0.05) is 13.1 Å². The molecule has 0 aliphatic carbocycles. The third-order valence-electron chi connectivity index (χ3n) is 4.17. The highest BCUT2D eigenvalue weighted by Gasteiger charge is 2.14. The fourth-order valence-corrected chi connectivity index (χ4v) is 3.01. The Bertz CT molecular complexity index is 646. The van der Waals surface area contributed by atoms with Crippen molar-refractivity contribution in [3.05, 3.63) is 58.9 Å². The van der Waals surface area contributed by atoms with Crippen LogP contribution in [0.5, 0.6) is 0 Å². The predicted molar refractivity (Wildman–Crippen MR) is 86.2 cm³/mol. The van der Waals surface area contributed by atoms with Crippen molar-refractivity contribution in [2.45, 2.75) is 26.2 Å². The van der Waals surface area contributed by atoms with Crippen LogP contribution in [0, 0.1) is 12.7 Å². The van der Waals surface area contributed by atoms with Gasteiger partial charge in [-0.15, -0.1) is 0 Å². The Morgan fingerprint density at radius 3 is 2.38 bits per heavy atom. The summed E-state index contributed by atoms with van der Waals surface area (Å²) in [6, 6.07) is 11.6. The Morgan fingerprint density at radius 1 is 1.05 bits per heavy atom. The summed E-state index contributed by atoms with van der Waals surface area (Å²) in [5.74, 6) is -0.150. The number of hydrogen-bond donors (Lipinski definition) is 1. The molecule has 2 nitrogen and oxygen atoms in total. The Morgan fingerprint density at radius 2 is 1.71 bits per heavy atom. The van der Waals surface area contributed by atoms with Crippen molar-refractivity contribution >= 4 is 11.4 Å². The summed E-state index contributed by atoms with van der Waals surface area (Å²) in [5, 5.41) is 0. The van der Waals surface area contributed by atoms with Gasteiger partial charge in [0.25, 0.3) is 0 Å². The van der Waals surface area contributed by atoms with E-state index in [0.29, 0.717) is 5.56 Å². The monoisotopic (exact) mass is 284 g/mol. The summed E-state index contributed by atoms with van der Waals surface area (Å²) < 4.78 is 13.3. The summed E-state index contributed by atoms with van der Waals surface area (Å²) in [6.45, 7) is 3.99. The van der Waals surface area contributed by atoms with Gasteiger partial charge in [-0.1, -0.05) is 18.2 Å². The maximum Gasteiger partial charge on any atom is 0.126 e. The van der Waals surface area contributed by atoms with Crippen molar-refractivity contribution in [2.24, 2.45) is 0 Å². The zero-order valence-corrected chi connectivity index (χ0v) is 12.4. The average molecular weight is 284 g/mol. The molecule has 110 valence electrons. The third kappa shape index (κ3) is 3.02. The Kier molecular flexibility index (Phi) is 3.82. The molecule has 0 amide bonds. The highest BCUT2D eigenvalue weighted by atomic mass is 19.1. The van der Waals surface area contributed by atoms with Crippen molar-refractivity contribution in [1.82, 2.24) is 0 Å². The van der Waals surface area contributed by atoms with Gasteiger partial charge in [0.15, 0.2) is 0 Å². The van der Waals surface area contributed by atoms with Gasteiger partial charge in [-0.25, -0.2) is 4.39 Å². The fraction of sp³-hybridized carbons (Fsp3) is 0.333. The van der Waals surface area contributed by atoms with Crippen molar-refractivity contribution in [2.75, 3.05) is 23.7 Å². The third-order valence-corrected chi connectivity index (χ3v) is 4.17. The molecule has 0 saturated carbocycles. The van der Waals surface area contributed by atoms with Crippen LogP contribution >= 0.6 is 0 Å². The molecule has 1 heterocycles. The van der Waals surface area contributed by atoms with Crippen LogP contribution in [-0.4, -0.2) is 13.1 Å². The molecular formula is C18H21FN2. The first-order chi connectivity index (χ1) is 10.1.